The molecule has 0 fully saturated rings. The van der Waals surface area contributed by atoms with Gasteiger partial charge in [-0.1, -0.05) is 0 Å². The van der Waals surface area contributed by atoms with Crippen molar-refractivity contribution in [1.82, 2.24) is 0 Å². The number of ketones is 1. The van der Waals surface area contributed by atoms with Crippen LogP contribution in [0.1, 0.15) is 28.4 Å². The predicted octanol–water partition coefficient (Wildman–Crippen LogP) is 1.31. The lowest BCUT2D eigenvalue weighted by atomic mass is 9.95. The number of hydrogen-bond acceptors (Lipinski definition) is 6. The second-order valence-corrected chi connectivity index (χ2v) is 4.77. The molecule has 3 rings (SSSR count). The molecule has 1 aromatic carbocycles. The van der Waals surface area contributed by atoms with Gasteiger partial charge >= 0.3 is 5.97 Å². The highest BCUT2D eigenvalue weighted by Gasteiger charge is 2.37. The fraction of sp³-hybridized carbons (Fsp3) is 0.467. The third-order valence-corrected chi connectivity index (χ3v) is 3.65. The Hall–Kier alpha value is -2.24. The quantitative estimate of drug-likeness (QED) is 0.473. The molecule has 0 aliphatic carbocycles. The third-order valence-electron chi connectivity index (χ3n) is 3.65. The SMILES string of the molecule is CCOC(=O)C(=O)c1c2c(c(OC)c3c1OCC3)OCC2. The van der Waals surface area contributed by atoms with Gasteiger partial charge in [-0.05, 0) is 6.92 Å². The zero-order valence-corrected chi connectivity index (χ0v) is 12.0. The first kappa shape index (κ1) is 13.7. The van der Waals surface area contributed by atoms with Crippen molar-refractivity contribution in [2.45, 2.75) is 19.8 Å². The molecule has 6 heteroatoms. The molecule has 6 nitrogen and oxygen atoms in total. The van der Waals surface area contributed by atoms with Gasteiger partial charge in [-0.3, -0.25) is 4.79 Å². The Morgan fingerprint density at radius 1 is 1.10 bits per heavy atom. The Morgan fingerprint density at radius 3 is 2.43 bits per heavy atom. The Labute approximate surface area is 121 Å². The van der Waals surface area contributed by atoms with Crippen molar-refractivity contribution < 1.29 is 28.5 Å². The monoisotopic (exact) mass is 292 g/mol. The summed E-state index contributed by atoms with van der Waals surface area (Å²) in [7, 11) is 1.56. The van der Waals surface area contributed by atoms with Gasteiger partial charge in [0.25, 0.3) is 5.78 Å². The van der Waals surface area contributed by atoms with E-state index in [2.05, 4.69) is 0 Å². The fourth-order valence-corrected chi connectivity index (χ4v) is 2.82. The molecule has 2 heterocycles. The van der Waals surface area contributed by atoms with E-state index < -0.39 is 11.8 Å². The van der Waals surface area contributed by atoms with Crippen molar-refractivity contribution in [2.24, 2.45) is 0 Å². The highest BCUT2D eigenvalue weighted by molar-refractivity contribution is 6.42. The van der Waals surface area contributed by atoms with E-state index in [0.29, 0.717) is 48.9 Å². The van der Waals surface area contributed by atoms with E-state index in [-0.39, 0.29) is 12.2 Å². The zero-order chi connectivity index (χ0) is 15.0. The number of hydrogen-bond donors (Lipinski definition) is 0. The molecule has 1 aromatic rings. The van der Waals surface area contributed by atoms with E-state index in [0.717, 1.165) is 5.56 Å². The molecule has 0 N–H and O–H groups in total. The van der Waals surface area contributed by atoms with E-state index in [1.54, 1.807) is 14.0 Å². The Kier molecular flexibility index (Phi) is 3.45. The highest BCUT2D eigenvalue weighted by Crippen LogP contribution is 2.49. The molecule has 0 radical (unpaired) electrons. The molecular formula is C15H16O6. The van der Waals surface area contributed by atoms with E-state index >= 15 is 0 Å². The molecule has 0 amide bonds. The van der Waals surface area contributed by atoms with Crippen LogP contribution in [0.15, 0.2) is 0 Å². The summed E-state index contributed by atoms with van der Waals surface area (Å²) in [6.45, 7) is 2.73. The maximum absolute atomic E-state index is 12.4. The van der Waals surface area contributed by atoms with Crippen LogP contribution in [0.4, 0.5) is 0 Å². The van der Waals surface area contributed by atoms with Gasteiger partial charge < -0.3 is 18.9 Å². The van der Waals surface area contributed by atoms with Crippen LogP contribution in [0.25, 0.3) is 0 Å². The summed E-state index contributed by atoms with van der Waals surface area (Å²) in [6, 6.07) is 0. The molecule has 0 saturated heterocycles. The number of methoxy groups -OCH3 is 1. The molecule has 0 aromatic heterocycles. The number of rotatable bonds is 4. The Morgan fingerprint density at radius 2 is 1.76 bits per heavy atom. The van der Waals surface area contributed by atoms with E-state index in [4.69, 9.17) is 18.9 Å². The van der Waals surface area contributed by atoms with Crippen molar-refractivity contribution in [3.8, 4) is 17.2 Å². The molecule has 0 unspecified atom stereocenters. The van der Waals surface area contributed by atoms with Gasteiger partial charge in [0, 0.05) is 24.0 Å². The summed E-state index contributed by atoms with van der Waals surface area (Å²) >= 11 is 0. The molecule has 112 valence electrons. The molecule has 0 spiro atoms. The van der Waals surface area contributed by atoms with Crippen LogP contribution >= 0.6 is 0 Å². The first-order valence-electron chi connectivity index (χ1n) is 6.91. The van der Waals surface area contributed by atoms with Gasteiger partial charge in [0.05, 0.1) is 32.5 Å². The lowest BCUT2D eigenvalue weighted by Gasteiger charge is -2.15. The second-order valence-electron chi connectivity index (χ2n) is 4.77. The number of benzene rings is 1. The van der Waals surface area contributed by atoms with Crippen molar-refractivity contribution in [3.63, 3.8) is 0 Å². The minimum absolute atomic E-state index is 0.155. The van der Waals surface area contributed by atoms with Crippen molar-refractivity contribution >= 4 is 11.8 Å². The second kappa shape index (κ2) is 5.27. The predicted molar refractivity (Wildman–Crippen MR) is 72.4 cm³/mol. The molecule has 2 aliphatic heterocycles. The van der Waals surface area contributed by atoms with Crippen LogP contribution in [0.5, 0.6) is 17.2 Å². The van der Waals surface area contributed by atoms with E-state index in [9.17, 15) is 9.59 Å². The maximum Gasteiger partial charge on any atom is 0.379 e. The highest BCUT2D eigenvalue weighted by atomic mass is 16.5. The first-order chi connectivity index (χ1) is 10.2. The number of Topliss-reactive ketones (excluding diaryl/α,β-unsaturated/α-hetero) is 1. The minimum atomic E-state index is -0.866. The van der Waals surface area contributed by atoms with Crippen LogP contribution in [0.2, 0.25) is 0 Å². The summed E-state index contributed by atoms with van der Waals surface area (Å²) in [4.78, 5) is 24.2. The van der Waals surface area contributed by atoms with Gasteiger partial charge in [0.15, 0.2) is 11.5 Å². The fourth-order valence-electron chi connectivity index (χ4n) is 2.82. The summed E-state index contributed by atoms with van der Waals surface area (Å²) in [5.41, 5.74) is 1.73. The minimum Gasteiger partial charge on any atom is -0.492 e. The van der Waals surface area contributed by atoms with E-state index in [1.807, 2.05) is 0 Å². The van der Waals surface area contributed by atoms with Crippen molar-refractivity contribution in [1.29, 1.82) is 0 Å². The molecule has 0 saturated carbocycles. The van der Waals surface area contributed by atoms with Gasteiger partial charge in [0.1, 0.15) is 5.75 Å². The number of carbonyl (C=O) groups is 2. The first-order valence-corrected chi connectivity index (χ1v) is 6.91. The lowest BCUT2D eigenvalue weighted by Crippen LogP contribution is -2.20. The molecular weight excluding hydrogens is 276 g/mol. The summed E-state index contributed by atoms with van der Waals surface area (Å²) in [6.07, 6.45) is 1.17. The number of carbonyl (C=O) groups excluding carboxylic acids is 2. The largest absolute Gasteiger partial charge is 0.492 e. The van der Waals surface area contributed by atoms with E-state index in [1.165, 1.54) is 0 Å². The van der Waals surface area contributed by atoms with Gasteiger partial charge in [0.2, 0.25) is 0 Å². The molecule has 0 bridgehead atoms. The number of fused-ring (bicyclic) bond motifs is 2. The summed E-state index contributed by atoms with van der Waals surface area (Å²) in [5.74, 6) is 0.0489. The van der Waals surface area contributed by atoms with Gasteiger partial charge in [-0.2, -0.15) is 0 Å². The van der Waals surface area contributed by atoms with Crippen molar-refractivity contribution in [2.75, 3.05) is 26.9 Å². The summed E-state index contributed by atoms with van der Waals surface area (Å²) < 4.78 is 21.4. The van der Waals surface area contributed by atoms with Crippen molar-refractivity contribution in [3.05, 3.63) is 16.7 Å². The number of esters is 1. The number of ether oxygens (including phenoxy) is 4. The smallest absolute Gasteiger partial charge is 0.379 e. The normalized spacial score (nSPS) is 14.8. The molecule has 0 atom stereocenters. The topological polar surface area (TPSA) is 71.1 Å². The van der Waals surface area contributed by atoms with Crippen LogP contribution in [-0.2, 0) is 22.4 Å². The Balaban J connectivity index is 2.17. The molecule has 21 heavy (non-hydrogen) atoms. The summed E-state index contributed by atoms with van der Waals surface area (Å²) in [5, 5.41) is 0. The standard InChI is InChI=1S/C15H16O6/c1-3-19-15(17)11(16)10-8-4-6-21-14(8)13(18-2)9-5-7-20-12(9)10/h3-7H2,1-2H3. The van der Waals surface area contributed by atoms with Gasteiger partial charge in [-0.25, -0.2) is 4.79 Å². The van der Waals surface area contributed by atoms with Gasteiger partial charge in [-0.15, -0.1) is 0 Å². The molecule has 2 aliphatic rings. The average molecular weight is 292 g/mol. The average Bonchev–Trinajstić information content (AvgIpc) is 3.12. The van der Waals surface area contributed by atoms with Crippen LogP contribution in [-0.4, -0.2) is 38.7 Å². The lowest BCUT2D eigenvalue weighted by molar-refractivity contribution is -0.137. The Bertz CT molecular complexity index is 584. The third kappa shape index (κ3) is 2.02. The maximum atomic E-state index is 12.4. The van der Waals surface area contributed by atoms with Crippen LogP contribution < -0.4 is 14.2 Å². The van der Waals surface area contributed by atoms with Crippen LogP contribution in [0.3, 0.4) is 0 Å². The van der Waals surface area contributed by atoms with Crippen LogP contribution in [0, 0.1) is 0 Å². The zero-order valence-electron chi connectivity index (χ0n) is 12.0.